The van der Waals surface area contributed by atoms with E-state index in [9.17, 15) is 13.2 Å². The Morgan fingerprint density at radius 3 is 2.55 bits per heavy atom. The Morgan fingerprint density at radius 2 is 1.90 bits per heavy atom. The van der Waals surface area contributed by atoms with E-state index in [1.807, 2.05) is 19.9 Å². The molecule has 0 aliphatic carbocycles. The molecule has 1 N–H and O–H groups in total. The van der Waals surface area contributed by atoms with Crippen LogP contribution < -0.4 is 14.3 Å². The van der Waals surface area contributed by atoms with Crippen molar-refractivity contribution in [1.29, 1.82) is 0 Å². The van der Waals surface area contributed by atoms with Gasteiger partial charge in [0.1, 0.15) is 0 Å². The van der Waals surface area contributed by atoms with Crippen LogP contribution >= 0.6 is 15.9 Å². The standard InChI is InChI=1S/C21H26BrN3O5S/c1-6-29-18-11-16(10-17(22)21(18)30-13-20(26)25(4)5)12-23-24-31(27,28)19-9-14(2)7-8-15(19)3/h7-12,24H,6,13H2,1-5H3/b23-12-. The molecule has 2 aromatic rings. The molecular formula is C21H26BrN3O5S. The summed E-state index contributed by atoms with van der Waals surface area (Å²) < 4.78 is 36.9. The van der Waals surface area contributed by atoms with Gasteiger partial charge >= 0.3 is 0 Å². The van der Waals surface area contributed by atoms with Crippen molar-refractivity contribution in [2.45, 2.75) is 25.7 Å². The number of carbonyl (C=O) groups excluding carboxylic acids is 1. The van der Waals surface area contributed by atoms with Crippen LogP contribution in [0.15, 0.2) is 44.8 Å². The van der Waals surface area contributed by atoms with Gasteiger partial charge in [-0.3, -0.25) is 4.79 Å². The zero-order valence-electron chi connectivity index (χ0n) is 18.1. The van der Waals surface area contributed by atoms with E-state index in [4.69, 9.17) is 9.47 Å². The number of rotatable bonds is 9. The minimum atomic E-state index is -3.81. The summed E-state index contributed by atoms with van der Waals surface area (Å²) in [6.45, 7) is 5.61. The summed E-state index contributed by atoms with van der Waals surface area (Å²) in [5.74, 6) is 0.591. The second-order valence-electron chi connectivity index (χ2n) is 6.96. The summed E-state index contributed by atoms with van der Waals surface area (Å²) in [5, 5.41) is 3.89. The summed E-state index contributed by atoms with van der Waals surface area (Å²) in [6.07, 6.45) is 1.37. The summed E-state index contributed by atoms with van der Waals surface area (Å²) >= 11 is 3.41. The fourth-order valence-corrected chi connectivity index (χ4v) is 4.24. The Balaban J connectivity index is 2.23. The molecule has 0 unspecified atom stereocenters. The summed E-state index contributed by atoms with van der Waals surface area (Å²) in [5.41, 5.74) is 2.04. The minimum absolute atomic E-state index is 0.144. The molecule has 1 amide bonds. The average molecular weight is 512 g/mol. The van der Waals surface area contributed by atoms with Crippen LogP contribution in [-0.2, 0) is 14.8 Å². The lowest BCUT2D eigenvalue weighted by Gasteiger charge is -2.16. The van der Waals surface area contributed by atoms with Crippen LogP contribution in [0.25, 0.3) is 0 Å². The Morgan fingerprint density at radius 1 is 1.19 bits per heavy atom. The smallest absolute Gasteiger partial charge is 0.276 e. The maximum atomic E-state index is 12.6. The van der Waals surface area contributed by atoms with Crippen molar-refractivity contribution in [2.24, 2.45) is 5.10 Å². The number of ether oxygens (including phenoxy) is 2. The van der Waals surface area contributed by atoms with Gasteiger partial charge in [-0.05, 0) is 71.6 Å². The van der Waals surface area contributed by atoms with Crippen molar-refractivity contribution in [2.75, 3.05) is 27.3 Å². The molecule has 0 aliphatic heterocycles. The highest BCUT2D eigenvalue weighted by atomic mass is 79.9. The Labute approximate surface area is 191 Å². The molecule has 0 fully saturated rings. The monoisotopic (exact) mass is 511 g/mol. The van der Waals surface area contributed by atoms with E-state index in [-0.39, 0.29) is 17.4 Å². The molecule has 0 radical (unpaired) electrons. The van der Waals surface area contributed by atoms with Gasteiger partial charge in [0.25, 0.3) is 15.9 Å². The van der Waals surface area contributed by atoms with Crippen molar-refractivity contribution in [3.63, 3.8) is 0 Å². The summed E-state index contributed by atoms with van der Waals surface area (Å²) in [7, 11) is -0.522. The van der Waals surface area contributed by atoms with Crippen LogP contribution in [0, 0.1) is 13.8 Å². The van der Waals surface area contributed by atoms with E-state index in [1.165, 1.54) is 11.1 Å². The Kier molecular flexibility index (Phi) is 8.46. The van der Waals surface area contributed by atoms with E-state index in [0.717, 1.165) is 5.56 Å². The number of hydrogen-bond acceptors (Lipinski definition) is 6. The third-order valence-electron chi connectivity index (χ3n) is 4.19. The molecule has 10 heteroatoms. The van der Waals surface area contributed by atoms with Gasteiger partial charge in [-0.2, -0.15) is 13.5 Å². The lowest BCUT2D eigenvalue weighted by molar-refractivity contribution is -0.130. The molecule has 0 saturated heterocycles. The minimum Gasteiger partial charge on any atom is -0.490 e. The van der Waals surface area contributed by atoms with Gasteiger partial charge in [0.2, 0.25) is 0 Å². The quantitative estimate of drug-likeness (QED) is 0.411. The molecule has 0 aliphatic rings. The Bertz CT molecular complexity index is 1080. The number of nitrogens with one attached hydrogen (secondary N) is 1. The van der Waals surface area contributed by atoms with E-state index in [0.29, 0.717) is 33.7 Å². The van der Waals surface area contributed by atoms with Gasteiger partial charge in [0.05, 0.1) is 22.2 Å². The summed E-state index contributed by atoms with van der Waals surface area (Å²) in [4.78, 5) is 15.7. The second-order valence-corrected chi connectivity index (χ2v) is 9.45. The number of likely N-dealkylation sites (N-methyl/N-ethyl adjacent to an activating group) is 1. The maximum Gasteiger partial charge on any atom is 0.276 e. The topological polar surface area (TPSA) is 97.3 Å². The van der Waals surface area contributed by atoms with E-state index < -0.39 is 10.0 Å². The van der Waals surface area contributed by atoms with Crippen molar-refractivity contribution >= 4 is 38.1 Å². The molecule has 2 rings (SSSR count). The van der Waals surface area contributed by atoms with Gasteiger partial charge in [-0.1, -0.05) is 12.1 Å². The normalized spacial score (nSPS) is 11.4. The fourth-order valence-electron chi connectivity index (χ4n) is 2.54. The van der Waals surface area contributed by atoms with Crippen molar-refractivity contribution in [3.8, 4) is 11.5 Å². The number of benzene rings is 2. The van der Waals surface area contributed by atoms with E-state index >= 15 is 0 Å². The number of hydrogen-bond donors (Lipinski definition) is 1. The molecule has 0 spiro atoms. The molecule has 2 aromatic carbocycles. The van der Waals surface area contributed by atoms with E-state index in [1.54, 1.807) is 45.3 Å². The highest BCUT2D eigenvalue weighted by molar-refractivity contribution is 9.10. The first kappa shape index (κ1) is 24.7. The zero-order valence-corrected chi connectivity index (χ0v) is 20.5. The van der Waals surface area contributed by atoms with Crippen LogP contribution in [0.5, 0.6) is 11.5 Å². The van der Waals surface area contributed by atoms with Gasteiger partial charge in [-0.15, -0.1) is 0 Å². The molecule has 0 aromatic heterocycles. The molecule has 0 saturated carbocycles. The average Bonchev–Trinajstić information content (AvgIpc) is 2.69. The predicted molar refractivity (Wildman–Crippen MR) is 123 cm³/mol. The number of aryl methyl sites for hydroxylation is 2. The van der Waals surface area contributed by atoms with Crippen LogP contribution in [0.2, 0.25) is 0 Å². The first-order chi connectivity index (χ1) is 14.5. The van der Waals surface area contributed by atoms with Gasteiger partial charge in [-0.25, -0.2) is 4.83 Å². The molecular weight excluding hydrogens is 486 g/mol. The van der Waals surface area contributed by atoms with Crippen LogP contribution in [0.4, 0.5) is 0 Å². The Hall–Kier alpha value is -2.59. The number of carbonyl (C=O) groups is 1. The molecule has 8 nitrogen and oxygen atoms in total. The first-order valence-corrected chi connectivity index (χ1v) is 11.7. The van der Waals surface area contributed by atoms with Crippen LogP contribution in [-0.4, -0.2) is 52.7 Å². The van der Waals surface area contributed by atoms with Crippen molar-refractivity contribution in [3.05, 3.63) is 51.5 Å². The van der Waals surface area contributed by atoms with Crippen molar-refractivity contribution in [1.82, 2.24) is 9.73 Å². The number of hydrazone groups is 1. The number of sulfonamides is 1. The number of halogens is 1. The maximum absolute atomic E-state index is 12.6. The van der Waals surface area contributed by atoms with Gasteiger partial charge < -0.3 is 14.4 Å². The number of nitrogens with zero attached hydrogens (tertiary/aromatic N) is 2. The lowest BCUT2D eigenvalue weighted by atomic mass is 10.2. The van der Waals surface area contributed by atoms with Crippen LogP contribution in [0.3, 0.4) is 0 Å². The third kappa shape index (κ3) is 6.70. The zero-order chi connectivity index (χ0) is 23.2. The first-order valence-electron chi connectivity index (χ1n) is 9.46. The third-order valence-corrected chi connectivity index (χ3v) is 6.14. The van der Waals surface area contributed by atoms with Crippen LogP contribution in [0.1, 0.15) is 23.6 Å². The molecule has 0 heterocycles. The lowest BCUT2D eigenvalue weighted by Crippen LogP contribution is -2.27. The number of amides is 1. The fraction of sp³-hybridized carbons (Fsp3) is 0.333. The predicted octanol–water partition coefficient (Wildman–Crippen LogP) is 3.24. The highest BCUT2D eigenvalue weighted by Crippen LogP contribution is 2.36. The van der Waals surface area contributed by atoms with Crippen molar-refractivity contribution < 1.29 is 22.7 Å². The molecule has 0 bridgehead atoms. The summed E-state index contributed by atoms with van der Waals surface area (Å²) in [6, 6.07) is 8.53. The molecule has 0 atom stereocenters. The van der Waals surface area contributed by atoms with Gasteiger partial charge in [0.15, 0.2) is 18.1 Å². The van der Waals surface area contributed by atoms with E-state index in [2.05, 4.69) is 25.9 Å². The molecule has 168 valence electrons. The highest BCUT2D eigenvalue weighted by Gasteiger charge is 2.17. The largest absolute Gasteiger partial charge is 0.490 e. The second kappa shape index (κ2) is 10.6. The SMILES string of the molecule is CCOc1cc(/C=N\NS(=O)(=O)c2cc(C)ccc2C)cc(Br)c1OCC(=O)N(C)C. The van der Waals surface area contributed by atoms with Gasteiger partial charge in [0, 0.05) is 14.1 Å². The molecule has 31 heavy (non-hydrogen) atoms.